The molecule has 0 amide bonds. The quantitative estimate of drug-likeness (QED) is 0.881. The summed E-state index contributed by atoms with van der Waals surface area (Å²) < 4.78 is 5.51. The first-order valence-electron chi connectivity index (χ1n) is 7.20. The molecule has 0 spiro atoms. The molecule has 1 fully saturated rings. The van der Waals surface area contributed by atoms with E-state index in [1.165, 1.54) is 30.5 Å². The van der Waals surface area contributed by atoms with Crippen LogP contribution in [0.15, 0.2) is 18.2 Å². The van der Waals surface area contributed by atoms with Crippen LogP contribution in [0.4, 0.5) is 0 Å². The SMILES string of the molecule is COc1ccc(CN(C)C)cc1CC1CCCNC1. The molecule has 1 unspecified atom stereocenters. The first kappa shape index (κ1) is 14.4. The number of rotatable bonds is 5. The largest absolute Gasteiger partial charge is 0.496 e. The molecule has 0 radical (unpaired) electrons. The van der Waals surface area contributed by atoms with Crippen molar-refractivity contribution >= 4 is 0 Å². The Kier molecular flexibility index (Phi) is 5.23. The Bertz CT molecular complexity index is 398. The van der Waals surface area contributed by atoms with Gasteiger partial charge in [-0.1, -0.05) is 12.1 Å². The van der Waals surface area contributed by atoms with Gasteiger partial charge in [-0.25, -0.2) is 0 Å². The molecule has 1 atom stereocenters. The summed E-state index contributed by atoms with van der Waals surface area (Å²) in [6, 6.07) is 6.60. The number of hydrogen-bond acceptors (Lipinski definition) is 3. The Balaban J connectivity index is 2.10. The molecule has 2 rings (SSSR count). The molecule has 1 heterocycles. The van der Waals surface area contributed by atoms with Crippen molar-refractivity contribution in [3.8, 4) is 5.75 Å². The lowest BCUT2D eigenvalue weighted by Gasteiger charge is -2.24. The lowest BCUT2D eigenvalue weighted by atomic mass is 9.91. The third-order valence-corrected chi connectivity index (χ3v) is 3.75. The van der Waals surface area contributed by atoms with E-state index in [9.17, 15) is 0 Å². The third kappa shape index (κ3) is 4.22. The van der Waals surface area contributed by atoms with Crippen molar-refractivity contribution in [2.75, 3.05) is 34.3 Å². The van der Waals surface area contributed by atoms with E-state index < -0.39 is 0 Å². The highest BCUT2D eigenvalue weighted by molar-refractivity contribution is 5.37. The van der Waals surface area contributed by atoms with Crippen LogP contribution in [0, 0.1) is 5.92 Å². The van der Waals surface area contributed by atoms with Crippen LogP contribution < -0.4 is 10.1 Å². The minimum Gasteiger partial charge on any atom is -0.496 e. The Hall–Kier alpha value is -1.06. The minimum absolute atomic E-state index is 0.747. The lowest BCUT2D eigenvalue weighted by Crippen LogP contribution is -2.30. The fourth-order valence-corrected chi connectivity index (χ4v) is 2.86. The number of benzene rings is 1. The molecule has 1 N–H and O–H groups in total. The zero-order chi connectivity index (χ0) is 13.7. The number of piperidine rings is 1. The Labute approximate surface area is 116 Å². The predicted molar refractivity (Wildman–Crippen MR) is 79.7 cm³/mol. The second-order valence-corrected chi connectivity index (χ2v) is 5.80. The van der Waals surface area contributed by atoms with Gasteiger partial charge < -0.3 is 15.0 Å². The zero-order valence-electron chi connectivity index (χ0n) is 12.4. The van der Waals surface area contributed by atoms with Crippen LogP contribution in [-0.2, 0) is 13.0 Å². The van der Waals surface area contributed by atoms with Crippen LogP contribution in [0.1, 0.15) is 24.0 Å². The van der Waals surface area contributed by atoms with Gasteiger partial charge in [0.05, 0.1) is 7.11 Å². The molecular weight excluding hydrogens is 236 g/mol. The Morgan fingerprint density at radius 3 is 2.84 bits per heavy atom. The van der Waals surface area contributed by atoms with Crippen molar-refractivity contribution in [3.63, 3.8) is 0 Å². The van der Waals surface area contributed by atoms with Gasteiger partial charge in [-0.05, 0) is 69.6 Å². The van der Waals surface area contributed by atoms with Gasteiger partial charge in [0.15, 0.2) is 0 Å². The molecule has 1 saturated heterocycles. The zero-order valence-corrected chi connectivity index (χ0v) is 12.4. The maximum Gasteiger partial charge on any atom is 0.122 e. The van der Waals surface area contributed by atoms with Gasteiger partial charge in [-0.15, -0.1) is 0 Å². The summed E-state index contributed by atoms with van der Waals surface area (Å²) in [6.45, 7) is 3.30. The second-order valence-electron chi connectivity index (χ2n) is 5.80. The summed E-state index contributed by atoms with van der Waals surface area (Å²) in [4.78, 5) is 2.20. The number of nitrogens with zero attached hydrogens (tertiary/aromatic N) is 1. The topological polar surface area (TPSA) is 24.5 Å². The average Bonchev–Trinajstić information content (AvgIpc) is 2.39. The van der Waals surface area contributed by atoms with Gasteiger partial charge in [-0.3, -0.25) is 0 Å². The van der Waals surface area contributed by atoms with Crippen LogP contribution in [0.25, 0.3) is 0 Å². The fourth-order valence-electron chi connectivity index (χ4n) is 2.86. The molecule has 0 aliphatic carbocycles. The van der Waals surface area contributed by atoms with Crippen molar-refractivity contribution in [2.45, 2.75) is 25.8 Å². The molecule has 1 aromatic rings. The standard InChI is InChI=1S/C16H26N2O/c1-18(2)12-14-6-7-16(19-3)15(10-14)9-13-5-4-8-17-11-13/h6-7,10,13,17H,4-5,8-9,11-12H2,1-3H3. The maximum absolute atomic E-state index is 5.51. The summed E-state index contributed by atoms with van der Waals surface area (Å²) in [5, 5.41) is 3.49. The van der Waals surface area contributed by atoms with E-state index in [-0.39, 0.29) is 0 Å². The van der Waals surface area contributed by atoms with Crippen LogP contribution in [0.5, 0.6) is 5.75 Å². The molecule has 0 bridgehead atoms. The van der Waals surface area contributed by atoms with E-state index in [1.807, 2.05) is 0 Å². The third-order valence-electron chi connectivity index (χ3n) is 3.75. The molecule has 1 aliphatic rings. The molecule has 3 heteroatoms. The van der Waals surface area contributed by atoms with Crippen LogP contribution in [0.2, 0.25) is 0 Å². The summed E-state index contributed by atoms with van der Waals surface area (Å²) in [6.07, 6.45) is 3.75. The predicted octanol–water partition coefficient (Wildman–Crippen LogP) is 2.30. The van der Waals surface area contributed by atoms with Crippen LogP contribution >= 0.6 is 0 Å². The highest BCUT2D eigenvalue weighted by Gasteiger charge is 2.16. The normalized spacial score (nSPS) is 19.7. The summed E-state index contributed by atoms with van der Waals surface area (Å²) in [5.74, 6) is 1.78. The molecular formula is C16H26N2O. The van der Waals surface area contributed by atoms with Gasteiger partial charge in [0.25, 0.3) is 0 Å². The van der Waals surface area contributed by atoms with Gasteiger partial charge >= 0.3 is 0 Å². The second kappa shape index (κ2) is 6.92. The number of nitrogens with one attached hydrogen (secondary N) is 1. The summed E-state index contributed by atoms with van der Waals surface area (Å²) in [5.41, 5.74) is 2.72. The van der Waals surface area contributed by atoms with Crippen molar-refractivity contribution in [3.05, 3.63) is 29.3 Å². The van der Waals surface area contributed by atoms with Crippen LogP contribution in [0.3, 0.4) is 0 Å². The highest BCUT2D eigenvalue weighted by atomic mass is 16.5. The molecule has 3 nitrogen and oxygen atoms in total. The highest BCUT2D eigenvalue weighted by Crippen LogP contribution is 2.25. The van der Waals surface area contributed by atoms with Crippen molar-refractivity contribution < 1.29 is 4.74 Å². The van der Waals surface area contributed by atoms with Gasteiger partial charge in [0.1, 0.15) is 5.75 Å². The van der Waals surface area contributed by atoms with Crippen molar-refractivity contribution in [2.24, 2.45) is 5.92 Å². The Morgan fingerprint density at radius 2 is 2.21 bits per heavy atom. The van der Waals surface area contributed by atoms with E-state index in [2.05, 4.69) is 42.5 Å². The Morgan fingerprint density at radius 1 is 1.37 bits per heavy atom. The average molecular weight is 262 g/mol. The molecule has 19 heavy (non-hydrogen) atoms. The lowest BCUT2D eigenvalue weighted by molar-refractivity contribution is 0.363. The molecule has 1 aromatic carbocycles. The van der Waals surface area contributed by atoms with Gasteiger partial charge in [0, 0.05) is 6.54 Å². The summed E-state index contributed by atoms with van der Waals surface area (Å²) >= 11 is 0. The first-order valence-corrected chi connectivity index (χ1v) is 7.20. The van der Waals surface area contributed by atoms with Crippen molar-refractivity contribution in [1.29, 1.82) is 0 Å². The molecule has 0 aromatic heterocycles. The molecule has 106 valence electrons. The fraction of sp³-hybridized carbons (Fsp3) is 0.625. The van der Waals surface area contributed by atoms with E-state index in [0.717, 1.165) is 31.2 Å². The summed E-state index contributed by atoms with van der Waals surface area (Å²) in [7, 11) is 5.98. The smallest absolute Gasteiger partial charge is 0.122 e. The minimum atomic E-state index is 0.747. The number of methoxy groups -OCH3 is 1. The van der Waals surface area contributed by atoms with Gasteiger partial charge in [-0.2, -0.15) is 0 Å². The van der Waals surface area contributed by atoms with Crippen LogP contribution in [-0.4, -0.2) is 39.2 Å². The van der Waals surface area contributed by atoms with E-state index >= 15 is 0 Å². The van der Waals surface area contributed by atoms with E-state index in [4.69, 9.17) is 4.74 Å². The molecule has 0 saturated carbocycles. The van der Waals surface area contributed by atoms with Crippen molar-refractivity contribution in [1.82, 2.24) is 10.2 Å². The van der Waals surface area contributed by atoms with Gasteiger partial charge in [0.2, 0.25) is 0 Å². The van der Waals surface area contributed by atoms with E-state index in [1.54, 1.807) is 7.11 Å². The first-order chi connectivity index (χ1) is 9.19. The number of hydrogen-bond donors (Lipinski definition) is 1. The molecule has 1 aliphatic heterocycles. The number of ether oxygens (including phenoxy) is 1. The van der Waals surface area contributed by atoms with E-state index in [0.29, 0.717) is 0 Å². The maximum atomic E-state index is 5.51. The monoisotopic (exact) mass is 262 g/mol.